The second kappa shape index (κ2) is 5.56. The highest BCUT2D eigenvalue weighted by Gasteiger charge is 2.30. The summed E-state index contributed by atoms with van der Waals surface area (Å²) in [6.45, 7) is 5.84. The van der Waals surface area contributed by atoms with E-state index in [2.05, 4.69) is 16.2 Å². The van der Waals surface area contributed by atoms with E-state index in [1.165, 1.54) is 10.6 Å². The number of nitrogens with zero attached hydrogens (tertiary/aromatic N) is 3. The van der Waals surface area contributed by atoms with Gasteiger partial charge in [-0.15, -0.1) is 0 Å². The average molecular weight is 291 g/mol. The predicted octanol–water partition coefficient (Wildman–Crippen LogP) is 3.80. The molecule has 1 aliphatic rings. The smallest absolute Gasteiger partial charge is 0.265 e. The quantitative estimate of drug-likeness (QED) is 0.830. The molecule has 0 saturated heterocycles. The first-order chi connectivity index (χ1) is 10.6. The van der Waals surface area contributed by atoms with Crippen LogP contribution >= 0.6 is 0 Å². The second-order valence-corrected chi connectivity index (χ2v) is 5.39. The fourth-order valence-electron chi connectivity index (χ4n) is 2.42. The number of aliphatic imine (C=N–C) groups is 1. The molecule has 0 fully saturated rings. The molecule has 22 heavy (non-hydrogen) atoms. The zero-order valence-electron chi connectivity index (χ0n) is 12.9. The van der Waals surface area contributed by atoms with E-state index in [1.807, 2.05) is 63.2 Å². The number of aryl methyl sites for hydroxylation is 2. The lowest BCUT2D eigenvalue weighted by Gasteiger charge is -2.10. The molecule has 1 heterocycles. The third-order valence-corrected chi connectivity index (χ3v) is 3.57. The maximum atomic E-state index is 12.6. The molecular formula is C18H17N3O. The maximum absolute atomic E-state index is 12.6. The number of rotatable bonds is 2. The van der Waals surface area contributed by atoms with Gasteiger partial charge in [-0.25, -0.2) is 4.99 Å². The molecule has 1 aliphatic heterocycles. The van der Waals surface area contributed by atoms with Crippen LogP contribution in [0.3, 0.4) is 0 Å². The minimum absolute atomic E-state index is 0.191. The normalized spacial score (nSPS) is 16.3. The van der Waals surface area contributed by atoms with Crippen LogP contribution in [0.4, 0.5) is 11.4 Å². The summed E-state index contributed by atoms with van der Waals surface area (Å²) in [4.78, 5) is 17.1. The third-order valence-electron chi connectivity index (χ3n) is 3.57. The van der Waals surface area contributed by atoms with Gasteiger partial charge in [-0.1, -0.05) is 35.9 Å². The lowest BCUT2D eigenvalue weighted by atomic mass is 10.1. The fraction of sp³-hybridized carbons (Fsp3) is 0.167. The standard InChI is InChI=1S/C18H17N3O/c1-12-9-10-16(13(2)11-12)19-17-14(3)20-21(18(17)22)15-7-5-4-6-8-15/h4-11H,1-3H3. The van der Waals surface area contributed by atoms with Crippen molar-refractivity contribution in [3.8, 4) is 0 Å². The van der Waals surface area contributed by atoms with Crippen molar-refractivity contribution in [3.05, 3.63) is 59.7 Å². The molecule has 0 N–H and O–H groups in total. The van der Waals surface area contributed by atoms with Gasteiger partial charge >= 0.3 is 0 Å². The van der Waals surface area contributed by atoms with Gasteiger partial charge in [-0.2, -0.15) is 10.1 Å². The van der Waals surface area contributed by atoms with Gasteiger partial charge in [0.1, 0.15) is 0 Å². The Balaban J connectivity index is 1.98. The molecule has 0 aliphatic carbocycles. The van der Waals surface area contributed by atoms with Crippen molar-refractivity contribution in [2.45, 2.75) is 20.8 Å². The van der Waals surface area contributed by atoms with Crippen LogP contribution in [-0.4, -0.2) is 17.3 Å². The fourth-order valence-corrected chi connectivity index (χ4v) is 2.42. The van der Waals surface area contributed by atoms with Gasteiger partial charge in [0.25, 0.3) is 5.91 Å². The Kier molecular flexibility index (Phi) is 3.59. The molecule has 4 nitrogen and oxygen atoms in total. The van der Waals surface area contributed by atoms with Gasteiger partial charge in [0.05, 0.1) is 17.1 Å². The van der Waals surface area contributed by atoms with Crippen LogP contribution in [0.15, 0.2) is 58.6 Å². The first kappa shape index (κ1) is 14.2. The van der Waals surface area contributed by atoms with Crippen molar-refractivity contribution >= 4 is 28.7 Å². The maximum Gasteiger partial charge on any atom is 0.299 e. The van der Waals surface area contributed by atoms with Gasteiger partial charge in [-0.05, 0) is 44.5 Å². The van der Waals surface area contributed by atoms with Gasteiger partial charge in [0.2, 0.25) is 0 Å². The van der Waals surface area contributed by atoms with Crippen molar-refractivity contribution < 1.29 is 4.79 Å². The van der Waals surface area contributed by atoms with Crippen LogP contribution in [0.25, 0.3) is 0 Å². The van der Waals surface area contributed by atoms with Crippen molar-refractivity contribution in [1.82, 2.24) is 0 Å². The monoisotopic (exact) mass is 291 g/mol. The number of amides is 1. The van der Waals surface area contributed by atoms with E-state index in [9.17, 15) is 4.79 Å². The van der Waals surface area contributed by atoms with E-state index >= 15 is 0 Å². The topological polar surface area (TPSA) is 45.0 Å². The summed E-state index contributed by atoms with van der Waals surface area (Å²) in [5.74, 6) is -0.191. The van der Waals surface area contributed by atoms with Gasteiger partial charge in [0.15, 0.2) is 5.71 Å². The number of hydrazone groups is 1. The van der Waals surface area contributed by atoms with Crippen molar-refractivity contribution in [2.75, 3.05) is 5.01 Å². The Morgan fingerprint density at radius 3 is 2.41 bits per heavy atom. The number of hydrogen-bond donors (Lipinski definition) is 0. The number of carbonyl (C=O) groups is 1. The van der Waals surface area contributed by atoms with Crippen LogP contribution in [0.2, 0.25) is 0 Å². The summed E-state index contributed by atoms with van der Waals surface area (Å²) < 4.78 is 0. The summed E-state index contributed by atoms with van der Waals surface area (Å²) >= 11 is 0. The minimum atomic E-state index is -0.191. The van der Waals surface area contributed by atoms with Crippen molar-refractivity contribution in [2.24, 2.45) is 10.1 Å². The van der Waals surface area contributed by atoms with E-state index in [-0.39, 0.29) is 5.91 Å². The van der Waals surface area contributed by atoms with Crippen molar-refractivity contribution in [1.29, 1.82) is 0 Å². The number of para-hydroxylation sites is 1. The zero-order chi connectivity index (χ0) is 15.7. The molecule has 4 heteroatoms. The molecule has 0 radical (unpaired) electrons. The molecule has 110 valence electrons. The summed E-state index contributed by atoms with van der Waals surface area (Å²) in [5.41, 5.74) is 4.81. The highest BCUT2D eigenvalue weighted by Crippen LogP contribution is 2.23. The molecule has 2 aromatic carbocycles. The molecular weight excluding hydrogens is 274 g/mol. The number of hydrogen-bond acceptors (Lipinski definition) is 3. The van der Waals surface area contributed by atoms with Crippen molar-refractivity contribution in [3.63, 3.8) is 0 Å². The largest absolute Gasteiger partial charge is 0.299 e. The zero-order valence-corrected chi connectivity index (χ0v) is 12.9. The van der Waals surface area contributed by atoms with Crippen LogP contribution in [0, 0.1) is 13.8 Å². The summed E-state index contributed by atoms with van der Waals surface area (Å²) in [7, 11) is 0. The Morgan fingerprint density at radius 1 is 1.00 bits per heavy atom. The lowest BCUT2D eigenvalue weighted by Crippen LogP contribution is -2.27. The van der Waals surface area contributed by atoms with E-state index in [0.717, 1.165) is 16.9 Å². The van der Waals surface area contributed by atoms with Crippen LogP contribution < -0.4 is 5.01 Å². The van der Waals surface area contributed by atoms with Gasteiger partial charge in [0, 0.05) is 0 Å². The Labute approximate surface area is 129 Å². The average Bonchev–Trinajstić information content (AvgIpc) is 2.79. The molecule has 0 saturated carbocycles. The summed E-state index contributed by atoms with van der Waals surface area (Å²) in [6.07, 6.45) is 0. The van der Waals surface area contributed by atoms with Crippen LogP contribution in [-0.2, 0) is 4.79 Å². The van der Waals surface area contributed by atoms with E-state index in [1.54, 1.807) is 0 Å². The molecule has 2 aromatic rings. The number of benzene rings is 2. The van der Waals surface area contributed by atoms with Crippen LogP contribution in [0.1, 0.15) is 18.1 Å². The van der Waals surface area contributed by atoms with E-state index in [4.69, 9.17) is 0 Å². The van der Waals surface area contributed by atoms with E-state index in [0.29, 0.717) is 11.4 Å². The Morgan fingerprint density at radius 2 is 1.73 bits per heavy atom. The predicted molar refractivity (Wildman–Crippen MR) is 90.0 cm³/mol. The summed E-state index contributed by atoms with van der Waals surface area (Å²) in [6, 6.07) is 15.4. The molecule has 0 unspecified atom stereocenters. The molecule has 0 bridgehead atoms. The highest BCUT2D eigenvalue weighted by molar-refractivity contribution is 6.71. The molecule has 0 aromatic heterocycles. The van der Waals surface area contributed by atoms with Gasteiger partial charge < -0.3 is 0 Å². The Hall–Kier alpha value is -2.75. The molecule has 1 amide bonds. The van der Waals surface area contributed by atoms with Gasteiger partial charge in [-0.3, -0.25) is 4.79 Å². The first-order valence-electron chi connectivity index (χ1n) is 7.17. The first-order valence-corrected chi connectivity index (χ1v) is 7.17. The Bertz CT molecular complexity index is 791. The third kappa shape index (κ3) is 2.55. The summed E-state index contributed by atoms with van der Waals surface area (Å²) in [5, 5.41) is 5.73. The molecule has 0 atom stereocenters. The minimum Gasteiger partial charge on any atom is -0.265 e. The highest BCUT2D eigenvalue weighted by atomic mass is 16.2. The van der Waals surface area contributed by atoms with E-state index < -0.39 is 0 Å². The second-order valence-electron chi connectivity index (χ2n) is 5.39. The number of carbonyl (C=O) groups excluding carboxylic acids is 1. The SMILES string of the molecule is CC1=NN(c2ccccc2)C(=O)C1=Nc1ccc(C)cc1C. The molecule has 0 spiro atoms. The number of anilines is 1. The lowest BCUT2D eigenvalue weighted by molar-refractivity contribution is -0.112. The van der Waals surface area contributed by atoms with Crippen LogP contribution in [0.5, 0.6) is 0 Å². The molecule has 3 rings (SSSR count).